The minimum atomic E-state index is -4.64. The second-order valence-corrected chi connectivity index (χ2v) is 6.70. The minimum Gasteiger partial charge on any atom is -0.342 e. The maximum Gasteiger partial charge on any atom is 0.470 e. The van der Waals surface area contributed by atoms with Gasteiger partial charge in [0, 0.05) is 4.43 Å². The Labute approximate surface area is 119 Å². The van der Waals surface area contributed by atoms with E-state index < -0.39 is 19.8 Å². The molecule has 102 valence electrons. The summed E-state index contributed by atoms with van der Waals surface area (Å²) in [5.41, 5.74) is 0. The summed E-state index contributed by atoms with van der Waals surface area (Å²) in [7, 11) is -4.64. The molecule has 17 heavy (non-hydrogen) atoms. The van der Waals surface area contributed by atoms with E-state index in [0.717, 1.165) is 0 Å². The van der Waals surface area contributed by atoms with Crippen LogP contribution in [0, 0.1) is 5.92 Å². The molecule has 0 aromatic carbocycles. The lowest BCUT2D eigenvalue weighted by atomic mass is 10.2. The van der Waals surface area contributed by atoms with Crippen LogP contribution in [-0.2, 0) is 13.9 Å². The first-order chi connectivity index (χ1) is 7.71. The van der Waals surface area contributed by atoms with Crippen LogP contribution in [0.4, 0.5) is 0 Å². The zero-order valence-corrected chi connectivity index (χ0v) is 13.7. The zero-order valence-electron chi connectivity index (χ0n) is 9.79. The first-order valence-corrected chi connectivity index (χ1v) is 9.18. The molecule has 0 saturated heterocycles. The van der Waals surface area contributed by atoms with Crippen LogP contribution in [0.2, 0.25) is 0 Å². The van der Waals surface area contributed by atoms with E-state index in [4.69, 9.17) is 9.79 Å². The zero-order chi connectivity index (χ0) is 13.6. The van der Waals surface area contributed by atoms with Crippen molar-refractivity contribution in [3.05, 3.63) is 0 Å². The van der Waals surface area contributed by atoms with E-state index in [1.165, 1.54) is 11.8 Å². The number of nitrogens with one attached hydrogen (secondary N) is 1. The average Bonchev–Trinajstić information content (AvgIpc) is 2.20. The highest BCUT2D eigenvalue weighted by Crippen LogP contribution is 2.38. The molecule has 0 aromatic rings. The molecular weight excluding hydrogens is 380 g/mol. The minimum absolute atomic E-state index is 0.103. The first-order valence-electron chi connectivity index (χ1n) is 4.84. The Morgan fingerprint density at radius 2 is 2.06 bits per heavy atom. The summed E-state index contributed by atoms with van der Waals surface area (Å²) in [5, 5.41) is 2.59. The predicted molar refractivity (Wildman–Crippen MR) is 76.1 cm³/mol. The largest absolute Gasteiger partial charge is 0.470 e. The van der Waals surface area contributed by atoms with Gasteiger partial charge in [0.25, 0.3) is 5.91 Å². The van der Waals surface area contributed by atoms with Gasteiger partial charge in [0.05, 0.1) is 5.37 Å². The molecule has 0 aliphatic heterocycles. The Bertz CT molecular complexity index is 298. The number of carbonyl (C=O) groups excluding carboxylic acids is 1. The van der Waals surface area contributed by atoms with Crippen LogP contribution in [0.25, 0.3) is 0 Å². The molecule has 0 aliphatic carbocycles. The van der Waals surface area contributed by atoms with Gasteiger partial charge in [0.15, 0.2) is 6.10 Å². The fourth-order valence-electron chi connectivity index (χ4n) is 1.04. The van der Waals surface area contributed by atoms with Crippen LogP contribution in [0.15, 0.2) is 0 Å². The van der Waals surface area contributed by atoms with E-state index >= 15 is 0 Å². The number of alkyl halides is 1. The van der Waals surface area contributed by atoms with E-state index in [-0.39, 0.29) is 15.7 Å². The van der Waals surface area contributed by atoms with Crippen molar-refractivity contribution in [2.75, 3.05) is 10.7 Å². The highest BCUT2D eigenvalue weighted by Gasteiger charge is 2.29. The predicted octanol–water partition coefficient (Wildman–Crippen LogP) is 1.36. The summed E-state index contributed by atoms with van der Waals surface area (Å²) in [6.07, 6.45) is 0.721. The fourth-order valence-corrected chi connectivity index (χ4v) is 3.19. The molecule has 0 saturated carbocycles. The Kier molecular flexibility index (Phi) is 8.27. The maximum atomic E-state index is 11.7. The molecule has 2 unspecified atom stereocenters. The van der Waals surface area contributed by atoms with E-state index in [9.17, 15) is 9.36 Å². The highest BCUT2D eigenvalue weighted by atomic mass is 127. The summed E-state index contributed by atoms with van der Waals surface area (Å²) < 4.78 is 15.3. The van der Waals surface area contributed by atoms with E-state index in [1.54, 1.807) is 0 Å². The molecule has 9 heteroatoms. The number of amides is 1. The third-order valence-corrected chi connectivity index (χ3v) is 4.34. The average molecular weight is 397 g/mol. The van der Waals surface area contributed by atoms with Gasteiger partial charge in [-0.2, -0.15) is 0 Å². The highest BCUT2D eigenvalue weighted by molar-refractivity contribution is 14.1. The number of phosphoric acid groups is 1. The number of carbonyl (C=O) groups is 1. The Hall–Kier alpha value is 0.660. The third kappa shape index (κ3) is 7.63. The van der Waals surface area contributed by atoms with Crippen LogP contribution in [-0.4, -0.2) is 37.9 Å². The molecule has 0 rings (SSSR count). The lowest BCUT2D eigenvalue weighted by Crippen LogP contribution is -2.43. The summed E-state index contributed by atoms with van der Waals surface area (Å²) in [4.78, 5) is 29.1. The second-order valence-electron chi connectivity index (χ2n) is 3.65. The van der Waals surface area contributed by atoms with Crippen molar-refractivity contribution in [2.45, 2.75) is 25.3 Å². The molecule has 3 N–H and O–H groups in total. The van der Waals surface area contributed by atoms with Crippen LogP contribution in [0.5, 0.6) is 0 Å². The van der Waals surface area contributed by atoms with Gasteiger partial charge in [0.2, 0.25) is 0 Å². The van der Waals surface area contributed by atoms with Crippen LogP contribution in [0.3, 0.4) is 0 Å². The topological polar surface area (TPSA) is 95.9 Å². The number of phosphoric ester groups is 1. The number of rotatable bonds is 7. The molecule has 6 nitrogen and oxygen atoms in total. The molecule has 0 bridgehead atoms. The summed E-state index contributed by atoms with van der Waals surface area (Å²) in [6.45, 7) is 3.90. The number of hydrogen-bond donors (Lipinski definition) is 3. The van der Waals surface area contributed by atoms with Gasteiger partial charge in [-0.1, -0.05) is 36.4 Å². The van der Waals surface area contributed by atoms with Crippen LogP contribution in [0.1, 0.15) is 13.8 Å². The smallest absolute Gasteiger partial charge is 0.342 e. The molecule has 1 amide bonds. The molecule has 0 radical (unpaired) electrons. The van der Waals surface area contributed by atoms with Crippen molar-refractivity contribution in [1.82, 2.24) is 5.32 Å². The van der Waals surface area contributed by atoms with Crippen molar-refractivity contribution < 1.29 is 23.7 Å². The standard InChI is InChI=1S/C8H17INO5PS/c1-5(2)8(17-3)10-7(11)6(4-9)15-16(12,13)14/h5-6,8H,4H2,1-3H3,(H,10,11)(H2,12,13,14). The van der Waals surface area contributed by atoms with Gasteiger partial charge < -0.3 is 15.1 Å². The molecule has 0 aromatic heterocycles. The lowest BCUT2D eigenvalue weighted by molar-refractivity contribution is -0.128. The first kappa shape index (κ1) is 17.7. The van der Waals surface area contributed by atoms with Gasteiger partial charge >= 0.3 is 7.82 Å². The molecule has 0 aliphatic rings. The summed E-state index contributed by atoms with van der Waals surface area (Å²) in [5.74, 6) is -0.283. The van der Waals surface area contributed by atoms with Gasteiger partial charge in [-0.25, -0.2) is 4.57 Å². The van der Waals surface area contributed by atoms with E-state index in [2.05, 4.69) is 9.84 Å². The van der Waals surface area contributed by atoms with E-state index in [0.29, 0.717) is 0 Å². The van der Waals surface area contributed by atoms with Gasteiger partial charge in [-0.05, 0) is 12.2 Å². The lowest BCUT2D eigenvalue weighted by Gasteiger charge is -2.23. The normalized spacial score (nSPS) is 15.7. The molecule has 0 spiro atoms. The third-order valence-electron chi connectivity index (χ3n) is 1.84. The molecule has 0 heterocycles. The Balaban J connectivity index is 4.50. The van der Waals surface area contributed by atoms with Crippen molar-refractivity contribution in [2.24, 2.45) is 5.92 Å². The van der Waals surface area contributed by atoms with Gasteiger partial charge in [0.1, 0.15) is 0 Å². The van der Waals surface area contributed by atoms with Crippen molar-refractivity contribution in [3.8, 4) is 0 Å². The van der Waals surface area contributed by atoms with Gasteiger partial charge in [-0.15, -0.1) is 11.8 Å². The molecule has 2 atom stereocenters. The van der Waals surface area contributed by atoms with Crippen molar-refractivity contribution in [3.63, 3.8) is 0 Å². The number of hydrogen-bond acceptors (Lipinski definition) is 4. The van der Waals surface area contributed by atoms with Crippen molar-refractivity contribution >= 4 is 48.1 Å². The second kappa shape index (κ2) is 7.96. The fraction of sp³-hybridized carbons (Fsp3) is 0.875. The molecular formula is C8H17INO5PS. The number of thioether (sulfide) groups is 1. The molecule has 0 fully saturated rings. The quantitative estimate of drug-likeness (QED) is 0.260. The summed E-state index contributed by atoms with van der Waals surface area (Å²) >= 11 is 3.31. The summed E-state index contributed by atoms with van der Waals surface area (Å²) in [6, 6.07) is 0. The van der Waals surface area contributed by atoms with E-state index in [1.807, 2.05) is 42.7 Å². The Morgan fingerprint density at radius 1 is 1.53 bits per heavy atom. The van der Waals surface area contributed by atoms with Crippen molar-refractivity contribution in [1.29, 1.82) is 0 Å². The monoisotopic (exact) mass is 397 g/mol. The van der Waals surface area contributed by atoms with Crippen LogP contribution >= 0.6 is 42.2 Å². The maximum absolute atomic E-state index is 11.7. The van der Waals surface area contributed by atoms with Crippen LogP contribution < -0.4 is 5.32 Å². The SMILES string of the molecule is CSC(NC(=O)C(CI)OP(=O)(O)O)C(C)C. The number of halogens is 1. The van der Waals surface area contributed by atoms with Gasteiger partial charge in [-0.3, -0.25) is 9.32 Å². The Morgan fingerprint density at radius 3 is 2.35 bits per heavy atom.